The van der Waals surface area contributed by atoms with E-state index in [-0.39, 0.29) is 27.0 Å². The maximum atomic E-state index is 13.9. The number of thiazole rings is 1. The number of aromatic nitrogens is 1. The van der Waals surface area contributed by atoms with E-state index in [0.29, 0.717) is 15.1 Å². The lowest BCUT2D eigenvalue weighted by molar-refractivity contribution is -0.385. The van der Waals surface area contributed by atoms with Gasteiger partial charge in [0.05, 0.1) is 32.8 Å². The SMILES string of the molecule is COc1cccc([C@H]2C3=C(N=c4s/c(=C/c5cc([N+](=O)[O-])cc(Br)c5O)c(=O)n42)c2ccccc2CC3)c1. The number of nitrogens with zero attached hydrogens (tertiary/aromatic N) is 3. The minimum Gasteiger partial charge on any atom is -0.506 e. The number of benzene rings is 3. The second-order valence-electron chi connectivity index (χ2n) is 9.01. The molecule has 8 nitrogen and oxygen atoms in total. The van der Waals surface area contributed by atoms with Gasteiger partial charge in [-0.3, -0.25) is 19.5 Å². The molecule has 190 valence electrons. The van der Waals surface area contributed by atoms with Gasteiger partial charge in [0.2, 0.25) is 0 Å². The first-order valence-corrected chi connectivity index (χ1v) is 13.4. The molecule has 0 unspecified atom stereocenters. The molecule has 0 amide bonds. The number of phenols is 1. The van der Waals surface area contributed by atoms with Gasteiger partial charge in [-0.2, -0.15) is 0 Å². The fourth-order valence-corrected chi connectivity index (χ4v) is 6.55. The van der Waals surface area contributed by atoms with Crippen molar-refractivity contribution in [3.8, 4) is 11.5 Å². The maximum absolute atomic E-state index is 13.9. The first-order chi connectivity index (χ1) is 18.4. The summed E-state index contributed by atoms with van der Waals surface area (Å²) in [6.45, 7) is 0. The number of ether oxygens (including phenoxy) is 1. The van der Waals surface area contributed by atoms with Gasteiger partial charge in [0.1, 0.15) is 11.5 Å². The standard InChI is InChI=1S/C28H20BrN3O5S/c1-37-19-7-4-6-16(12-19)25-21-10-9-15-5-2-3-8-20(15)24(21)30-28-31(25)27(34)23(38-28)13-17-11-18(32(35)36)14-22(29)26(17)33/h2-8,11-14,25,33H,9-10H2,1H3/b23-13+/t25-/m0/s1. The van der Waals surface area contributed by atoms with Crippen molar-refractivity contribution in [2.45, 2.75) is 18.9 Å². The second-order valence-corrected chi connectivity index (χ2v) is 10.9. The maximum Gasteiger partial charge on any atom is 0.271 e. The quantitative estimate of drug-likeness (QED) is 0.274. The molecule has 0 bridgehead atoms. The Hall–Kier alpha value is -4.02. The molecule has 0 radical (unpaired) electrons. The molecule has 0 saturated heterocycles. The van der Waals surface area contributed by atoms with Gasteiger partial charge in [-0.05, 0) is 63.7 Å². The lowest BCUT2D eigenvalue weighted by atomic mass is 9.83. The lowest BCUT2D eigenvalue weighted by Gasteiger charge is -2.31. The number of aryl methyl sites for hydroxylation is 1. The number of fused-ring (bicyclic) bond motifs is 3. The number of nitro groups is 1. The van der Waals surface area contributed by atoms with Crippen molar-refractivity contribution in [3.05, 3.63) is 123 Å². The van der Waals surface area contributed by atoms with E-state index in [1.165, 1.54) is 35.1 Å². The van der Waals surface area contributed by atoms with Crippen molar-refractivity contribution in [2.24, 2.45) is 4.99 Å². The number of hydrogen-bond acceptors (Lipinski definition) is 7. The van der Waals surface area contributed by atoms with Crippen LogP contribution in [0.3, 0.4) is 0 Å². The van der Waals surface area contributed by atoms with Gasteiger partial charge in [0.15, 0.2) is 4.80 Å². The molecule has 0 saturated carbocycles. The van der Waals surface area contributed by atoms with Crippen molar-refractivity contribution >= 4 is 44.7 Å². The van der Waals surface area contributed by atoms with E-state index in [1.54, 1.807) is 11.7 Å². The third kappa shape index (κ3) is 3.97. The van der Waals surface area contributed by atoms with Gasteiger partial charge in [-0.15, -0.1) is 0 Å². The Bertz CT molecular complexity index is 1860. The van der Waals surface area contributed by atoms with Crippen LogP contribution in [-0.2, 0) is 6.42 Å². The predicted molar refractivity (Wildman–Crippen MR) is 148 cm³/mol. The molecular formula is C28H20BrN3O5S. The van der Waals surface area contributed by atoms with Crippen LogP contribution in [0, 0.1) is 10.1 Å². The number of halogens is 1. The zero-order valence-corrected chi connectivity index (χ0v) is 22.5. The Kier molecular flexibility index (Phi) is 6.00. The molecule has 1 N–H and O–H groups in total. The van der Waals surface area contributed by atoms with Gasteiger partial charge >= 0.3 is 0 Å². The van der Waals surface area contributed by atoms with Gasteiger partial charge in [0.25, 0.3) is 11.2 Å². The van der Waals surface area contributed by atoms with E-state index in [2.05, 4.69) is 28.1 Å². The van der Waals surface area contributed by atoms with E-state index in [1.807, 2.05) is 36.4 Å². The highest BCUT2D eigenvalue weighted by atomic mass is 79.9. The molecule has 1 atom stereocenters. The van der Waals surface area contributed by atoms with E-state index in [9.17, 15) is 20.0 Å². The highest BCUT2D eigenvalue weighted by molar-refractivity contribution is 9.10. The molecule has 1 aliphatic carbocycles. The number of rotatable bonds is 4. The van der Waals surface area contributed by atoms with Crippen LogP contribution in [0.1, 0.15) is 34.7 Å². The molecule has 1 aliphatic heterocycles. The van der Waals surface area contributed by atoms with E-state index >= 15 is 0 Å². The van der Waals surface area contributed by atoms with Crippen molar-refractivity contribution in [2.75, 3.05) is 7.11 Å². The molecular weight excluding hydrogens is 570 g/mol. The van der Waals surface area contributed by atoms with Crippen molar-refractivity contribution in [1.29, 1.82) is 0 Å². The molecule has 3 aromatic carbocycles. The predicted octanol–water partition coefficient (Wildman–Crippen LogP) is 4.70. The number of non-ortho nitro benzene ring substituents is 1. The summed E-state index contributed by atoms with van der Waals surface area (Å²) < 4.78 is 7.65. The highest BCUT2D eigenvalue weighted by Gasteiger charge is 2.32. The fraction of sp³-hybridized carbons (Fsp3) is 0.143. The summed E-state index contributed by atoms with van der Waals surface area (Å²) in [5.74, 6) is 0.505. The van der Waals surface area contributed by atoms with Crippen LogP contribution in [0.4, 0.5) is 5.69 Å². The minimum absolute atomic E-state index is 0.170. The molecule has 6 rings (SSSR count). The summed E-state index contributed by atoms with van der Waals surface area (Å²) in [6.07, 6.45) is 3.07. The normalized spacial score (nSPS) is 16.4. The van der Waals surface area contributed by atoms with Crippen LogP contribution in [0.15, 0.2) is 80.5 Å². The average Bonchev–Trinajstić information content (AvgIpc) is 3.24. The van der Waals surface area contributed by atoms with Crippen LogP contribution >= 0.6 is 27.3 Å². The number of aromatic hydroxyl groups is 1. The largest absolute Gasteiger partial charge is 0.506 e. The number of allylic oxidation sites excluding steroid dienone is 1. The Labute approximate surface area is 228 Å². The van der Waals surface area contributed by atoms with Gasteiger partial charge in [-0.25, -0.2) is 4.99 Å². The summed E-state index contributed by atoms with van der Waals surface area (Å²) in [6, 6.07) is 17.9. The molecule has 2 aliphatic rings. The minimum atomic E-state index is -0.544. The van der Waals surface area contributed by atoms with Gasteiger partial charge < -0.3 is 9.84 Å². The van der Waals surface area contributed by atoms with Crippen LogP contribution < -0.4 is 19.6 Å². The van der Waals surface area contributed by atoms with Crippen molar-refractivity contribution in [3.63, 3.8) is 0 Å². The van der Waals surface area contributed by atoms with Crippen molar-refractivity contribution in [1.82, 2.24) is 4.57 Å². The van der Waals surface area contributed by atoms with Gasteiger partial charge in [0, 0.05) is 23.3 Å². The highest BCUT2D eigenvalue weighted by Crippen LogP contribution is 2.41. The molecule has 2 heterocycles. The zero-order valence-electron chi connectivity index (χ0n) is 20.1. The Morgan fingerprint density at radius 1 is 1.18 bits per heavy atom. The zero-order chi connectivity index (χ0) is 26.6. The first-order valence-electron chi connectivity index (χ1n) is 11.8. The van der Waals surface area contributed by atoms with Crippen molar-refractivity contribution < 1.29 is 14.8 Å². The molecule has 0 fully saturated rings. The number of methoxy groups -OCH3 is 1. The molecule has 10 heteroatoms. The summed E-state index contributed by atoms with van der Waals surface area (Å²) in [4.78, 5) is 30.2. The summed E-state index contributed by atoms with van der Waals surface area (Å²) in [5, 5.41) is 22.0. The fourth-order valence-electron chi connectivity index (χ4n) is 5.10. The molecule has 38 heavy (non-hydrogen) atoms. The van der Waals surface area contributed by atoms with E-state index in [0.717, 1.165) is 35.2 Å². The Morgan fingerprint density at radius 2 is 2.00 bits per heavy atom. The first kappa shape index (κ1) is 24.3. The summed E-state index contributed by atoms with van der Waals surface area (Å²) in [7, 11) is 1.61. The second kappa shape index (κ2) is 9.38. The average molecular weight is 590 g/mol. The third-order valence-corrected chi connectivity index (χ3v) is 8.44. The van der Waals surface area contributed by atoms with E-state index < -0.39 is 11.0 Å². The Balaban J connectivity index is 1.63. The molecule has 0 spiro atoms. The smallest absolute Gasteiger partial charge is 0.271 e. The Morgan fingerprint density at radius 3 is 2.79 bits per heavy atom. The van der Waals surface area contributed by atoms with Crippen LogP contribution in [0.2, 0.25) is 0 Å². The van der Waals surface area contributed by atoms with Crippen LogP contribution in [-0.4, -0.2) is 21.7 Å². The monoisotopic (exact) mass is 589 g/mol. The summed E-state index contributed by atoms with van der Waals surface area (Å²) >= 11 is 4.36. The molecule has 1 aromatic heterocycles. The third-order valence-electron chi connectivity index (χ3n) is 6.86. The molecule has 4 aromatic rings. The summed E-state index contributed by atoms with van der Waals surface area (Å²) in [5.41, 5.74) is 4.78. The lowest BCUT2D eigenvalue weighted by Crippen LogP contribution is -2.38. The van der Waals surface area contributed by atoms with Gasteiger partial charge in [-0.1, -0.05) is 47.7 Å². The topological polar surface area (TPSA) is 107 Å². The number of hydrogen-bond donors (Lipinski definition) is 1. The van der Waals surface area contributed by atoms with Crippen LogP contribution in [0.5, 0.6) is 11.5 Å². The van der Waals surface area contributed by atoms with E-state index in [4.69, 9.17) is 9.73 Å². The number of nitro benzene ring substituents is 1. The van der Waals surface area contributed by atoms with Crippen LogP contribution in [0.25, 0.3) is 11.8 Å². The number of phenolic OH excluding ortho intramolecular Hbond substituents is 1.